The number of hydrogen-bond acceptors (Lipinski definition) is 5. The number of benzene rings is 2. The topological polar surface area (TPSA) is 79.7 Å². The summed E-state index contributed by atoms with van der Waals surface area (Å²) in [5.41, 5.74) is 3.16. The fraction of sp³-hybridized carbons (Fsp3) is 0.346. The number of nitrogens with one attached hydrogen (secondary N) is 1. The van der Waals surface area contributed by atoms with E-state index in [2.05, 4.69) is 52.5 Å². The molecule has 188 valence electrons. The van der Waals surface area contributed by atoms with Crippen molar-refractivity contribution >= 4 is 36.6 Å². The van der Waals surface area contributed by atoms with Crippen LogP contribution in [0.3, 0.4) is 0 Å². The van der Waals surface area contributed by atoms with E-state index >= 15 is 4.39 Å². The Bertz CT molecular complexity index is 1300. The van der Waals surface area contributed by atoms with Gasteiger partial charge in [0.2, 0.25) is 5.91 Å². The van der Waals surface area contributed by atoms with E-state index in [0.717, 1.165) is 17.4 Å². The van der Waals surface area contributed by atoms with Crippen molar-refractivity contribution in [3.63, 3.8) is 0 Å². The van der Waals surface area contributed by atoms with Gasteiger partial charge in [-0.2, -0.15) is 5.10 Å². The van der Waals surface area contributed by atoms with E-state index in [1.807, 2.05) is 17.2 Å². The molecule has 2 aliphatic heterocycles. The minimum atomic E-state index is -1.75. The SMILES string of the molecule is CC(=O)NC[C@H]1CN(c2ccc(N3Cc4cnn(C[Si](C)(C)c5ccccc5)c4C3)c(F)c2)C(=O)O1. The van der Waals surface area contributed by atoms with E-state index < -0.39 is 26.1 Å². The first-order chi connectivity index (χ1) is 17.2. The van der Waals surface area contributed by atoms with Crippen molar-refractivity contribution in [1.82, 2.24) is 15.1 Å². The maximum Gasteiger partial charge on any atom is 0.414 e. The zero-order valence-corrected chi connectivity index (χ0v) is 21.7. The predicted molar refractivity (Wildman–Crippen MR) is 138 cm³/mol. The number of ether oxygens (including phenoxy) is 1. The number of carbonyl (C=O) groups excluding carboxylic acids is 2. The number of hydrogen-bond donors (Lipinski definition) is 1. The van der Waals surface area contributed by atoms with Crippen LogP contribution in [0, 0.1) is 5.82 Å². The first-order valence-corrected chi connectivity index (χ1v) is 15.3. The zero-order valence-electron chi connectivity index (χ0n) is 20.7. The quantitative estimate of drug-likeness (QED) is 0.497. The molecule has 0 saturated carbocycles. The lowest BCUT2D eigenvalue weighted by atomic mass is 10.2. The summed E-state index contributed by atoms with van der Waals surface area (Å²) in [6.07, 6.45) is 1.74. The molecule has 1 atom stereocenters. The molecular formula is C26H30FN5O3Si. The van der Waals surface area contributed by atoms with Crippen molar-refractivity contribution in [3.05, 3.63) is 71.8 Å². The van der Waals surface area contributed by atoms with Gasteiger partial charge in [-0.3, -0.25) is 14.4 Å². The number of fused-ring (bicyclic) bond motifs is 1. The van der Waals surface area contributed by atoms with Gasteiger partial charge in [0.15, 0.2) is 0 Å². The fourth-order valence-corrected chi connectivity index (χ4v) is 7.18. The highest BCUT2D eigenvalue weighted by Crippen LogP contribution is 2.33. The standard InChI is InChI=1S/C26H30FN5O3Si/c1-18(33)28-13-21-15-31(26(34)35-21)20-9-10-24(23(27)11-20)30-14-19-12-29-32(25(19)16-30)17-36(2,3)22-7-5-4-6-8-22/h4-12,21H,13-17H2,1-3H3,(H,28,33)/t21-/m0/s1. The van der Waals surface area contributed by atoms with Crippen LogP contribution < -0.4 is 20.3 Å². The second-order valence-corrected chi connectivity index (χ2v) is 14.7. The second kappa shape index (κ2) is 9.42. The van der Waals surface area contributed by atoms with Crippen LogP contribution in [0.15, 0.2) is 54.7 Å². The highest BCUT2D eigenvalue weighted by molar-refractivity contribution is 6.88. The number of halogens is 1. The van der Waals surface area contributed by atoms with E-state index in [0.29, 0.717) is 24.5 Å². The van der Waals surface area contributed by atoms with Crippen molar-refractivity contribution in [2.75, 3.05) is 22.9 Å². The highest BCUT2D eigenvalue weighted by atomic mass is 28.3. The van der Waals surface area contributed by atoms with Gasteiger partial charge < -0.3 is 15.0 Å². The Balaban J connectivity index is 1.28. The van der Waals surface area contributed by atoms with Crippen molar-refractivity contribution in [1.29, 1.82) is 0 Å². The highest BCUT2D eigenvalue weighted by Gasteiger charge is 2.34. The van der Waals surface area contributed by atoms with Gasteiger partial charge in [-0.1, -0.05) is 48.6 Å². The van der Waals surface area contributed by atoms with Gasteiger partial charge in [0.25, 0.3) is 0 Å². The molecule has 0 unspecified atom stereocenters. The molecule has 1 saturated heterocycles. The number of rotatable bonds is 7. The third-order valence-corrected chi connectivity index (χ3v) is 9.86. The summed E-state index contributed by atoms with van der Waals surface area (Å²) >= 11 is 0. The van der Waals surface area contributed by atoms with Crippen molar-refractivity contribution in [2.24, 2.45) is 0 Å². The summed E-state index contributed by atoms with van der Waals surface area (Å²) < 4.78 is 22.7. The van der Waals surface area contributed by atoms with Crippen LogP contribution in [-0.2, 0) is 28.8 Å². The van der Waals surface area contributed by atoms with E-state index in [9.17, 15) is 9.59 Å². The maximum atomic E-state index is 15.3. The van der Waals surface area contributed by atoms with Crippen LogP contribution in [0.4, 0.5) is 20.6 Å². The Morgan fingerprint density at radius 1 is 1.19 bits per heavy atom. The van der Waals surface area contributed by atoms with Gasteiger partial charge in [0, 0.05) is 25.2 Å². The number of anilines is 2. The predicted octanol–water partition coefficient (Wildman–Crippen LogP) is 3.16. The summed E-state index contributed by atoms with van der Waals surface area (Å²) in [5, 5.41) is 8.68. The molecule has 2 aliphatic rings. The molecule has 1 aromatic heterocycles. The van der Waals surface area contributed by atoms with Crippen LogP contribution >= 0.6 is 0 Å². The summed E-state index contributed by atoms with van der Waals surface area (Å²) in [4.78, 5) is 26.8. The maximum absolute atomic E-state index is 15.3. The van der Waals surface area contributed by atoms with E-state index in [4.69, 9.17) is 4.74 Å². The van der Waals surface area contributed by atoms with E-state index in [1.54, 1.807) is 12.1 Å². The molecule has 1 N–H and O–H groups in total. The minimum Gasteiger partial charge on any atom is -0.442 e. The number of carbonyl (C=O) groups is 2. The summed E-state index contributed by atoms with van der Waals surface area (Å²) in [6, 6.07) is 15.4. The molecule has 2 amide bonds. The summed E-state index contributed by atoms with van der Waals surface area (Å²) in [6.45, 7) is 7.73. The Morgan fingerprint density at radius 3 is 2.69 bits per heavy atom. The molecule has 0 spiro atoms. The van der Waals surface area contributed by atoms with Crippen LogP contribution in [0.5, 0.6) is 0 Å². The molecule has 1 fully saturated rings. The van der Waals surface area contributed by atoms with Crippen molar-refractivity contribution < 1.29 is 18.7 Å². The Labute approximate surface area is 210 Å². The normalized spacial score (nSPS) is 17.3. The Morgan fingerprint density at radius 2 is 1.97 bits per heavy atom. The lowest BCUT2D eigenvalue weighted by molar-refractivity contribution is -0.119. The van der Waals surface area contributed by atoms with Gasteiger partial charge in [0.1, 0.15) is 20.0 Å². The molecule has 0 aliphatic carbocycles. The summed E-state index contributed by atoms with van der Waals surface area (Å²) in [7, 11) is -1.75. The van der Waals surface area contributed by atoms with Crippen molar-refractivity contribution in [3.8, 4) is 0 Å². The van der Waals surface area contributed by atoms with Gasteiger partial charge >= 0.3 is 6.09 Å². The van der Waals surface area contributed by atoms with Crippen LogP contribution in [-0.4, -0.2) is 49.0 Å². The van der Waals surface area contributed by atoms with Gasteiger partial charge in [-0.05, 0) is 18.2 Å². The third-order valence-electron chi connectivity index (χ3n) is 6.87. The zero-order chi connectivity index (χ0) is 25.4. The third kappa shape index (κ3) is 4.72. The van der Waals surface area contributed by atoms with Crippen LogP contribution in [0.2, 0.25) is 13.1 Å². The van der Waals surface area contributed by atoms with Gasteiger partial charge in [-0.25, -0.2) is 9.18 Å². The molecule has 36 heavy (non-hydrogen) atoms. The molecule has 0 bridgehead atoms. The molecule has 8 nitrogen and oxygen atoms in total. The van der Waals surface area contributed by atoms with Crippen LogP contribution in [0.1, 0.15) is 18.2 Å². The summed E-state index contributed by atoms with van der Waals surface area (Å²) in [5.74, 6) is -0.588. The molecular weight excluding hydrogens is 477 g/mol. The monoisotopic (exact) mass is 507 g/mol. The number of aromatic nitrogens is 2. The van der Waals surface area contributed by atoms with Gasteiger partial charge in [-0.15, -0.1) is 0 Å². The van der Waals surface area contributed by atoms with E-state index in [1.165, 1.54) is 23.1 Å². The first-order valence-electron chi connectivity index (χ1n) is 12.1. The average Bonchev–Trinajstić information content (AvgIpc) is 3.53. The van der Waals surface area contributed by atoms with Crippen LogP contribution in [0.25, 0.3) is 0 Å². The molecule has 3 heterocycles. The average molecular weight is 508 g/mol. The van der Waals surface area contributed by atoms with E-state index in [-0.39, 0.29) is 19.0 Å². The smallest absolute Gasteiger partial charge is 0.414 e. The first kappa shape index (κ1) is 24.0. The second-order valence-electron chi connectivity index (χ2n) is 10.1. The fourth-order valence-electron chi connectivity index (χ4n) is 4.88. The van der Waals surface area contributed by atoms with Gasteiger partial charge in [0.05, 0.1) is 42.9 Å². The molecule has 5 rings (SSSR count). The number of amides is 2. The number of nitrogens with zero attached hydrogens (tertiary/aromatic N) is 4. The molecule has 10 heteroatoms. The lowest BCUT2D eigenvalue weighted by Gasteiger charge is -2.25. The lowest BCUT2D eigenvalue weighted by Crippen LogP contribution is -2.46. The Kier molecular flexibility index (Phi) is 6.29. The molecule has 3 aromatic rings. The number of cyclic esters (lactones) is 1. The Hall–Kier alpha value is -3.66. The van der Waals surface area contributed by atoms with Crippen molar-refractivity contribution in [2.45, 2.75) is 45.4 Å². The molecule has 0 radical (unpaired) electrons. The molecule has 2 aromatic carbocycles. The largest absolute Gasteiger partial charge is 0.442 e. The minimum absolute atomic E-state index is 0.194.